The summed E-state index contributed by atoms with van der Waals surface area (Å²) in [5.74, 6) is 0.387. The number of likely N-dealkylation sites (N-methyl/N-ethyl adjacent to an activating group) is 1. The molecule has 0 spiro atoms. The van der Waals surface area contributed by atoms with Crippen molar-refractivity contribution in [2.45, 2.75) is 71.9 Å². The molecule has 4 nitrogen and oxygen atoms in total. The van der Waals surface area contributed by atoms with Gasteiger partial charge in [0.05, 0.1) is 17.7 Å². The number of ketones is 1. The summed E-state index contributed by atoms with van der Waals surface area (Å²) in [7, 11) is 0. The van der Waals surface area contributed by atoms with Crippen molar-refractivity contribution in [3.8, 4) is 0 Å². The Morgan fingerprint density at radius 1 is 1.29 bits per heavy atom. The summed E-state index contributed by atoms with van der Waals surface area (Å²) in [6.45, 7) is 11.1. The van der Waals surface area contributed by atoms with Crippen LogP contribution in [0.15, 0.2) is 6.07 Å². The minimum absolute atomic E-state index is 0.222. The average molecular weight is 291 g/mol. The van der Waals surface area contributed by atoms with Crippen LogP contribution in [-0.4, -0.2) is 39.1 Å². The molecule has 0 bridgehead atoms. The lowest BCUT2D eigenvalue weighted by molar-refractivity contribution is -0.130. The van der Waals surface area contributed by atoms with Crippen LogP contribution in [0.5, 0.6) is 0 Å². The standard InChI is InChI=1S/C17H29N3O/c1-5-19(6-2)17(10-8-9-11-17)16(21)13-15-12-14(4)18-20(15)7-3/h12H,5-11,13H2,1-4H3. The second kappa shape index (κ2) is 6.73. The lowest BCUT2D eigenvalue weighted by atomic mass is 9.87. The molecule has 1 saturated carbocycles. The Labute approximate surface area is 128 Å². The fourth-order valence-corrected chi connectivity index (χ4v) is 3.90. The highest BCUT2D eigenvalue weighted by molar-refractivity contribution is 5.90. The molecule has 0 aliphatic heterocycles. The molecule has 1 aromatic rings. The summed E-state index contributed by atoms with van der Waals surface area (Å²) < 4.78 is 1.97. The molecule has 21 heavy (non-hydrogen) atoms. The van der Waals surface area contributed by atoms with Crippen molar-refractivity contribution in [3.05, 3.63) is 17.5 Å². The van der Waals surface area contributed by atoms with Gasteiger partial charge >= 0.3 is 0 Å². The SMILES string of the molecule is CCN(CC)C1(C(=O)Cc2cc(C)nn2CC)CCCC1. The first-order valence-electron chi connectivity index (χ1n) is 8.39. The Morgan fingerprint density at radius 3 is 2.43 bits per heavy atom. The van der Waals surface area contributed by atoms with Crippen molar-refractivity contribution in [1.29, 1.82) is 0 Å². The third-order valence-electron chi connectivity index (χ3n) is 4.95. The third kappa shape index (κ3) is 3.05. The Balaban J connectivity index is 2.23. The highest BCUT2D eigenvalue weighted by atomic mass is 16.1. The van der Waals surface area contributed by atoms with Gasteiger partial charge in [-0.25, -0.2) is 0 Å². The maximum Gasteiger partial charge on any atom is 0.158 e. The van der Waals surface area contributed by atoms with Gasteiger partial charge in [0.2, 0.25) is 0 Å². The summed E-state index contributed by atoms with van der Waals surface area (Å²) in [5.41, 5.74) is 1.85. The normalized spacial score (nSPS) is 17.6. The van der Waals surface area contributed by atoms with E-state index in [-0.39, 0.29) is 5.54 Å². The molecule has 1 aliphatic rings. The molecular formula is C17H29N3O. The zero-order valence-corrected chi connectivity index (χ0v) is 14.0. The van der Waals surface area contributed by atoms with Gasteiger partial charge in [-0.15, -0.1) is 0 Å². The predicted octanol–water partition coefficient (Wildman–Crippen LogP) is 2.98. The zero-order valence-electron chi connectivity index (χ0n) is 14.0. The van der Waals surface area contributed by atoms with Crippen LogP contribution in [0.2, 0.25) is 0 Å². The fraction of sp³-hybridized carbons (Fsp3) is 0.765. The van der Waals surface area contributed by atoms with E-state index in [1.165, 1.54) is 12.8 Å². The molecule has 0 N–H and O–H groups in total. The van der Waals surface area contributed by atoms with Gasteiger partial charge in [-0.05, 0) is 45.8 Å². The van der Waals surface area contributed by atoms with Gasteiger partial charge in [0, 0.05) is 12.2 Å². The van der Waals surface area contributed by atoms with Crippen LogP contribution in [-0.2, 0) is 17.8 Å². The maximum absolute atomic E-state index is 13.1. The Morgan fingerprint density at radius 2 is 1.90 bits per heavy atom. The fourth-order valence-electron chi connectivity index (χ4n) is 3.90. The number of nitrogens with zero attached hydrogens (tertiary/aromatic N) is 3. The molecule has 1 aliphatic carbocycles. The van der Waals surface area contributed by atoms with E-state index in [2.05, 4.69) is 36.8 Å². The lowest BCUT2D eigenvalue weighted by Crippen LogP contribution is -2.53. The minimum atomic E-state index is -0.222. The van der Waals surface area contributed by atoms with Crippen molar-refractivity contribution in [3.63, 3.8) is 0 Å². The maximum atomic E-state index is 13.1. The van der Waals surface area contributed by atoms with E-state index in [9.17, 15) is 4.79 Å². The van der Waals surface area contributed by atoms with E-state index in [0.717, 1.165) is 43.9 Å². The number of hydrogen-bond acceptors (Lipinski definition) is 3. The summed E-state index contributed by atoms with van der Waals surface area (Å²) in [4.78, 5) is 15.5. The van der Waals surface area contributed by atoms with Gasteiger partial charge in [0.25, 0.3) is 0 Å². The molecule has 0 aromatic carbocycles. The van der Waals surface area contributed by atoms with Gasteiger partial charge in [-0.3, -0.25) is 14.4 Å². The molecule has 0 atom stereocenters. The molecule has 1 aromatic heterocycles. The van der Waals surface area contributed by atoms with Crippen molar-refractivity contribution in [2.24, 2.45) is 0 Å². The third-order valence-corrected chi connectivity index (χ3v) is 4.95. The monoisotopic (exact) mass is 291 g/mol. The van der Waals surface area contributed by atoms with E-state index < -0.39 is 0 Å². The molecule has 4 heteroatoms. The van der Waals surface area contributed by atoms with E-state index in [1.54, 1.807) is 0 Å². The first-order valence-corrected chi connectivity index (χ1v) is 8.39. The average Bonchev–Trinajstić information content (AvgIpc) is 3.08. The Bertz CT molecular complexity index is 482. The number of carbonyl (C=O) groups is 1. The summed E-state index contributed by atoms with van der Waals surface area (Å²) >= 11 is 0. The topological polar surface area (TPSA) is 38.1 Å². The second-order valence-electron chi connectivity index (χ2n) is 6.10. The molecule has 0 unspecified atom stereocenters. The van der Waals surface area contributed by atoms with Gasteiger partial charge in [-0.1, -0.05) is 26.7 Å². The summed E-state index contributed by atoms with van der Waals surface area (Å²) in [5, 5.41) is 4.47. The highest BCUT2D eigenvalue weighted by Crippen LogP contribution is 2.37. The number of rotatable bonds is 7. The summed E-state index contributed by atoms with van der Waals surface area (Å²) in [6.07, 6.45) is 4.91. The largest absolute Gasteiger partial charge is 0.297 e. The molecule has 0 radical (unpaired) electrons. The predicted molar refractivity (Wildman–Crippen MR) is 85.5 cm³/mol. The Hall–Kier alpha value is -1.16. The first-order chi connectivity index (χ1) is 10.1. The van der Waals surface area contributed by atoms with Crippen LogP contribution in [0.1, 0.15) is 57.8 Å². The molecular weight excluding hydrogens is 262 g/mol. The van der Waals surface area contributed by atoms with E-state index in [4.69, 9.17) is 0 Å². The number of aromatic nitrogens is 2. The van der Waals surface area contributed by atoms with Crippen LogP contribution in [0.25, 0.3) is 0 Å². The number of Topliss-reactive ketones (excluding diaryl/α,β-unsaturated/α-hetero) is 1. The van der Waals surface area contributed by atoms with Crippen molar-refractivity contribution in [1.82, 2.24) is 14.7 Å². The minimum Gasteiger partial charge on any atom is -0.297 e. The van der Waals surface area contributed by atoms with Crippen molar-refractivity contribution in [2.75, 3.05) is 13.1 Å². The van der Waals surface area contributed by atoms with Crippen LogP contribution in [0.3, 0.4) is 0 Å². The van der Waals surface area contributed by atoms with E-state index >= 15 is 0 Å². The van der Waals surface area contributed by atoms with Crippen molar-refractivity contribution < 1.29 is 4.79 Å². The summed E-state index contributed by atoms with van der Waals surface area (Å²) in [6, 6.07) is 2.06. The quantitative estimate of drug-likeness (QED) is 0.775. The smallest absolute Gasteiger partial charge is 0.158 e. The zero-order chi connectivity index (χ0) is 15.5. The number of carbonyl (C=O) groups excluding carboxylic acids is 1. The number of aryl methyl sites for hydroxylation is 2. The van der Waals surface area contributed by atoms with Crippen molar-refractivity contribution >= 4 is 5.78 Å². The lowest BCUT2D eigenvalue weighted by Gasteiger charge is -2.39. The van der Waals surface area contributed by atoms with Crippen LogP contribution in [0, 0.1) is 6.92 Å². The molecule has 2 rings (SSSR count). The molecule has 0 saturated heterocycles. The van der Waals surface area contributed by atoms with Crippen LogP contribution in [0.4, 0.5) is 0 Å². The number of hydrogen-bond donors (Lipinski definition) is 0. The Kier molecular flexibility index (Phi) is 5.20. The molecule has 118 valence electrons. The van der Waals surface area contributed by atoms with E-state index in [1.807, 2.05) is 11.6 Å². The van der Waals surface area contributed by atoms with Crippen LogP contribution < -0.4 is 0 Å². The molecule has 0 amide bonds. The van der Waals surface area contributed by atoms with Gasteiger partial charge in [0.1, 0.15) is 0 Å². The van der Waals surface area contributed by atoms with Gasteiger partial charge in [0.15, 0.2) is 5.78 Å². The van der Waals surface area contributed by atoms with Gasteiger partial charge < -0.3 is 0 Å². The molecule has 1 fully saturated rings. The van der Waals surface area contributed by atoms with Crippen LogP contribution >= 0.6 is 0 Å². The van der Waals surface area contributed by atoms with Gasteiger partial charge in [-0.2, -0.15) is 5.10 Å². The van der Waals surface area contributed by atoms with E-state index in [0.29, 0.717) is 12.2 Å². The highest BCUT2D eigenvalue weighted by Gasteiger charge is 2.44. The second-order valence-corrected chi connectivity index (χ2v) is 6.10. The molecule has 1 heterocycles. The first kappa shape index (κ1) is 16.2.